The zero-order valence-electron chi connectivity index (χ0n) is 8.10. The predicted octanol–water partition coefficient (Wildman–Crippen LogP) is 0.190. The molecule has 0 saturated heterocycles. The Balaban J connectivity index is 2.88. The van der Waals surface area contributed by atoms with Gasteiger partial charge < -0.3 is 9.30 Å². The minimum atomic E-state index is -0.462. The maximum atomic E-state index is 11.1. The van der Waals surface area contributed by atoms with Crippen molar-refractivity contribution in [1.82, 2.24) is 9.55 Å². The van der Waals surface area contributed by atoms with E-state index in [2.05, 4.69) is 4.98 Å². The molecule has 1 aromatic heterocycles. The molecule has 6 nitrogen and oxygen atoms in total. The lowest BCUT2D eigenvalue weighted by atomic mass is 10.3. The van der Waals surface area contributed by atoms with Gasteiger partial charge in [0.05, 0.1) is 12.9 Å². The Kier molecular flexibility index (Phi) is 3.42. The first-order valence-electron chi connectivity index (χ1n) is 4.23. The Morgan fingerprint density at radius 2 is 2.33 bits per heavy atom. The van der Waals surface area contributed by atoms with Crippen molar-refractivity contribution in [2.45, 2.75) is 13.5 Å². The molecule has 0 aliphatic heterocycles. The molecule has 0 spiro atoms. The van der Waals surface area contributed by atoms with Crippen LogP contribution >= 0.6 is 0 Å². The number of nitriles is 2. The Labute approximate surface area is 86.3 Å². The second-order valence-corrected chi connectivity index (χ2v) is 2.60. The van der Waals surface area contributed by atoms with Crippen molar-refractivity contribution in [2.75, 3.05) is 6.61 Å². The molecule has 1 rings (SSSR count). The quantitative estimate of drug-likeness (QED) is 0.655. The number of nitrogens with zero attached hydrogens (tertiary/aromatic N) is 4. The van der Waals surface area contributed by atoms with E-state index < -0.39 is 5.97 Å². The molecule has 0 amide bonds. The summed E-state index contributed by atoms with van der Waals surface area (Å²) in [4.78, 5) is 14.8. The fourth-order valence-electron chi connectivity index (χ4n) is 1.05. The lowest BCUT2D eigenvalue weighted by Gasteiger charge is -2.02. The summed E-state index contributed by atoms with van der Waals surface area (Å²) in [7, 11) is 0. The SMILES string of the molecule is CCOC(=O)Cn1cnc(C#N)c1C#N. The molecule has 0 aromatic carbocycles. The Morgan fingerprint density at radius 3 is 2.87 bits per heavy atom. The van der Waals surface area contributed by atoms with Gasteiger partial charge in [-0.25, -0.2) is 4.98 Å². The van der Waals surface area contributed by atoms with Gasteiger partial charge in [-0.05, 0) is 6.92 Å². The summed E-state index contributed by atoms with van der Waals surface area (Å²) in [5.41, 5.74) is 0.0901. The third-order valence-electron chi connectivity index (χ3n) is 1.65. The van der Waals surface area contributed by atoms with Crippen LogP contribution in [0.25, 0.3) is 0 Å². The first kappa shape index (κ1) is 10.7. The zero-order valence-corrected chi connectivity index (χ0v) is 8.10. The minimum absolute atomic E-state index is 0.0156. The largest absolute Gasteiger partial charge is 0.465 e. The molecule has 1 heterocycles. The number of ether oxygens (including phenoxy) is 1. The average Bonchev–Trinajstić information content (AvgIpc) is 2.60. The monoisotopic (exact) mass is 204 g/mol. The van der Waals surface area contributed by atoms with Crippen molar-refractivity contribution in [1.29, 1.82) is 10.5 Å². The fourth-order valence-corrected chi connectivity index (χ4v) is 1.05. The van der Waals surface area contributed by atoms with Gasteiger partial charge in [0.25, 0.3) is 0 Å². The molecule has 0 unspecified atom stereocenters. The summed E-state index contributed by atoms with van der Waals surface area (Å²) >= 11 is 0. The van der Waals surface area contributed by atoms with E-state index in [0.29, 0.717) is 0 Å². The number of carbonyl (C=O) groups excluding carboxylic acids is 1. The summed E-state index contributed by atoms with van der Waals surface area (Å²) < 4.78 is 6.00. The van der Waals surface area contributed by atoms with Gasteiger partial charge in [-0.1, -0.05) is 0 Å². The summed E-state index contributed by atoms with van der Waals surface area (Å²) in [6, 6.07) is 3.58. The molecule has 0 atom stereocenters. The lowest BCUT2D eigenvalue weighted by molar-refractivity contribution is -0.143. The number of imidazole rings is 1. The molecule has 1 aromatic rings. The summed E-state index contributed by atoms with van der Waals surface area (Å²) in [5.74, 6) is -0.462. The number of aromatic nitrogens is 2. The van der Waals surface area contributed by atoms with Crippen LogP contribution in [-0.4, -0.2) is 22.1 Å². The topological polar surface area (TPSA) is 91.7 Å². The molecule has 0 saturated carbocycles. The second-order valence-electron chi connectivity index (χ2n) is 2.60. The molecule has 15 heavy (non-hydrogen) atoms. The Hall–Kier alpha value is -2.34. The Bertz CT molecular complexity index is 450. The van der Waals surface area contributed by atoms with Gasteiger partial charge in [0.15, 0.2) is 11.4 Å². The number of esters is 1. The predicted molar refractivity (Wildman–Crippen MR) is 48.3 cm³/mol. The van der Waals surface area contributed by atoms with Crippen LogP contribution in [0.1, 0.15) is 18.3 Å². The number of carbonyl (C=O) groups is 1. The first-order valence-corrected chi connectivity index (χ1v) is 4.23. The smallest absolute Gasteiger partial charge is 0.326 e. The number of rotatable bonds is 3. The highest BCUT2D eigenvalue weighted by atomic mass is 16.5. The molecular weight excluding hydrogens is 196 g/mol. The molecule has 0 N–H and O–H groups in total. The van der Waals surface area contributed by atoms with Gasteiger partial charge in [-0.15, -0.1) is 0 Å². The number of hydrogen-bond acceptors (Lipinski definition) is 5. The van der Waals surface area contributed by atoms with Gasteiger partial charge >= 0.3 is 5.97 Å². The van der Waals surface area contributed by atoms with Crippen LogP contribution in [0.15, 0.2) is 6.33 Å². The van der Waals surface area contributed by atoms with Crippen LogP contribution in [0.2, 0.25) is 0 Å². The highest BCUT2D eigenvalue weighted by Crippen LogP contribution is 2.04. The van der Waals surface area contributed by atoms with Gasteiger partial charge in [-0.2, -0.15) is 10.5 Å². The van der Waals surface area contributed by atoms with E-state index in [1.807, 2.05) is 6.07 Å². The van der Waals surface area contributed by atoms with Crippen molar-refractivity contribution < 1.29 is 9.53 Å². The first-order chi connectivity index (χ1) is 7.22. The summed E-state index contributed by atoms with van der Waals surface area (Å²) in [5, 5.41) is 17.4. The third kappa shape index (κ3) is 2.32. The van der Waals surface area contributed by atoms with E-state index in [1.165, 1.54) is 10.9 Å². The molecular formula is C9H8N4O2. The van der Waals surface area contributed by atoms with Crippen LogP contribution < -0.4 is 0 Å². The van der Waals surface area contributed by atoms with Gasteiger partial charge in [0.2, 0.25) is 0 Å². The van der Waals surface area contributed by atoms with E-state index in [4.69, 9.17) is 15.3 Å². The maximum absolute atomic E-state index is 11.1. The summed E-state index contributed by atoms with van der Waals surface area (Å²) in [6.07, 6.45) is 1.27. The van der Waals surface area contributed by atoms with Crippen molar-refractivity contribution in [3.63, 3.8) is 0 Å². The fraction of sp³-hybridized carbons (Fsp3) is 0.333. The standard InChI is InChI=1S/C9H8N4O2/c1-2-15-9(14)5-13-6-12-7(3-10)8(13)4-11/h6H,2,5H2,1H3. The molecule has 0 fully saturated rings. The van der Waals surface area contributed by atoms with Crippen LogP contribution in [0.3, 0.4) is 0 Å². The van der Waals surface area contributed by atoms with E-state index in [-0.39, 0.29) is 24.5 Å². The van der Waals surface area contributed by atoms with Crippen LogP contribution in [0.5, 0.6) is 0 Å². The van der Waals surface area contributed by atoms with E-state index in [1.54, 1.807) is 13.0 Å². The molecule has 76 valence electrons. The highest BCUT2D eigenvalue weighted by Gasteiger charge is 2.12. The molecule has 0 aliphatic rings. The van der Waals surface area contributed by atoms with E-state index >= 15 is 0 Å². The second kappa shape index (κ2) is 4.77. The minimum Gasteiger partial charge on any atom is -0.465 e. The van der Waals surface area contributed by atoms with Crippen LogP contribution in [0.4, 0.5) is 0 Å². The van der Waals surface area contributed by atoms with Gasteiger partial charge in [0.1, 0.15) is 18.7 Å². The summed E-state index contributed by atoms with van der Waals surface area (Å²) in [6.45, 7) is 1.86. The van der Waals surface area contributed by atoms with Gasteiger partial charge in [0, 0.05) is 0 Å². The molecule has 0 bridgehead atoms. The van der Waals surface area contributed by atoms with Crippen molar-refractivity contribution in [3.05, 3.63) is 17.7 Å². The zero-order chi connectivity index (χ0) is 11.3. The highest BCUT2D eigenvalue weighted by molar-refractivity contribution is 5.69. The van der Waals surface area contributed by atoms with Crippen molar-refractivity contribution in [2.24, 2.45) is 0 Å². The maximum Gasteiger partial charge on any atom is 0.326 e. The van der Waals surface area contributed by atoms with Gasteiger partial charge in [-0.3, -0.25) is 4.79 Å². The lowest BCUT2D eigenvalue weighted by Crippen LogP contribution is -2.14. The van der Waals surface area contributed by atoms with Crippen molar-refractivity contribution >= 4 is 5.97 Å². The number of hydrogen-bond donors (Lipinski definition) is 0. The average molecular weight is 204 g/mol. The van der Waals surface area contributed by atoms with Crippen LogP contribution in [0, 0.1) is 22.7 Å². The van der Waals surface area contributed by atoms with E-state index in [9.17, 15) is 4.79 Å². The van der Waals surface area contributed by atoms with E-state index in [0.717, 1.165) is 0 Å². The molecule has 0 aliphatic carbocycles. The molecule has 0 radical (unpaired) electrons. The third-order valence-corrected chi connectivity index (χ3v) is 1.65. The van der Waals surface area contributed by atoms with Crippen molar-refractivity contribution in [3.8, 4) is 12.1 Å². The Morgan fingerprint density at radius 1 is 1.60 bits per heavy atom. The van der Waals surface area contributed by atoms with Crippen LogP contribution in [-0.2, 0) is 16.1 Å². The molecule has 6 heteroatoms. The normalized spacial score (nSPS) is 9.00.